The number of benzene rings is 2. The van der Waals surface area contributed by atoms with Crippen LogP contribution >= 0.6 is 0 Å². The Morgan fingerprint density at radius 1 is 0.821 bits per heavy atom. The van der Waals surface area contributed by atoms with Crippen LogP contribution in [0.4, 0.5) is 5.69 Å². The van der Waals surface area contributed by atoms with Crippen molar-refractivity contribution >= 4 is 23.2 Å². The van der Waals surface area contributed by atoms with E-state index in [9.17, 15) is 14.4 Å². The Labute approximate surface area is 163 Å². The van der Waals surface area contributed by atoms with Crippen molar-refractivity contribution in [3.8, 4) is 0 Å². The van der Waals surface area contributed by atoms with Gasteiger partial charge in [0.25, 0.3) is 5.91 Å². The molecule has 1 heterocycles. The molecule has 3 aromatic rings. The molecule has 5 nitrogen and oxygen atoms in total. The summed E-state index contributed by atoms with van der Waals surface area (Å²) in [5, 5.41) is 2.82. The molecule has 1 N–H and O–H groups in total. The van der Waals surface area contributed by atoms with E-state index < -0.39 is 6.04 Å². The van der Waals surface area contributed by atoms with Crippen LogP contribution in [-0.4, -0.2) is 17.5 Å². The normalized spacial score (nSPS) is 11.5. The van der Waals surface area contributed by atoms with Crippen LogP contribution in [0.2, 0.25) is 0 Å². The fraction of sp³-hybridized carbons (Fsp3) is 0.130. The molecule has 0 bridgehead atoms. The number of amides is 1. The first-order valence-electron chi connectivity index (χ1n) is 8.98. The highest BCUT2D eigenvalue weighted by Gasteiger charge is 2.22. The Hall–Kier alpha value is -3.60. The number of Topliss-reactive ketones (excluding diaryl/α,β-unsaturated/α-hetero) is 1. The molecule has 0 aliphatic heterocycles. The summed E-state index contributed by atoms with van der Waals surface area (Å²) in [4.78, 5) is 36.5. The summed E-state index contributed by atoms with van der Waals surface area (Å²) < 4.78 is 1.73. The number of aromatic nitrogens is 1. The number of pyridine rings is 1. The molecule has 1 atom stereocenters. The maximum Gasteiger partial charge on any atom is 0.293 e. The predicted molar refractivity (Wildman–Crippen MR) is 106 cm³/mol. The van der Waals surface area contributed by atoms with Gasteiger partial charge in [0.1, 0.15) is 0 Å². The molecule has 28 heavy (non-hydrogen) atoms. The molecule has 0 saturated heterocycles. The summed E-state index contributed by atoms with van der Waals surface area (Å²) >= 11 is 0. The van der Waals surface area contributed by atoms with Crippen molar-refractivity contribution in [2.75, 3.05) is 5.32 Å². The van der Waals surface area contributed by atoms with Gasteiger partial charge in [-0.05, 0) is 19.1 Å². The number of carbonyl (C=O) groups is 3. The van der Waals surface area contributed by atoms with E-state index in [4.69, 9.17) is 0 Å². The van der Waals surface area contributed by atoms with Crippen molar-refractivity contribution in [3.63, 3.8) is 0 Å². The van der Waals surface area contributed by atoms with Crippen molar-refractivity contribution in [1.82, 2.24) is 0 Å². The predicted octanol–water partition coefficient (Wildman–Crippen LogP) is 3.61. The number of nitrogens with one attached hydrogen (secondary N) is 1. The Kier molecular flexibility index (Phi) is 5.75. The first kappa shape index (κ1) is 19.2. The SMILES string of the molecule is CC(=O)c1cccc(NC(=O)[C@@H](C)[n+]2ccc(C(=O)c3ccccc3)cc2)c1. The fourth-order valence-electron chi connectivity index (χ4n) is 2.80. The van der Waals surface area contributed by atoms with Gasteiger partial charge >= 0.3 is 0 Å². The second-order valence-electron chi connectivity index (χ2n) is 6.53. The maximum atomic E-state index is 12.6. The summed E-state index contributed by atoms with van der Waals surface area (Å²) in [5.74, 6) is -0.337. The van der Waals surface area contributed by atoms with E-state index in [1.807, 2.05) is 18.2 Å². The zero-order valence-electron chi connectivity index (χ0n) is 15.8. The Morgan fingerprint density at radius 3 is 2.07 bits per heavy atom. The zero-order valence-corrected chi connectivity index (χ0v) is 15.8. The number of rotatable bonds is 6. The Bertz CT molecular complexity index is 1010. The Balaban J connectivity index is 1.71. The smallest absolute Gasteiger partial charge is 0.293 e. The van der Waals surface area contributed by atoms with Crippen molar-refractivity contribution in [2.45, 2.75) is 19.9 Å². The van der Waals surface area contributed by atoms with Gasteiger partial charge in [-0.1, -0.05) is 42.5 Å². The highest BCUT2D eigenvalue weighted by atomic mass is 16.2. The molecule has 3 rings (SSSR count). The average molecular weight is 373 g/mol. The van der Waals surface area contributed by atoms with E-state index in [0.717, 1.165) is 0 Å². The minimum absolute atomic E-state index is 0.0582. The number of hydrogen-bond donors (Lipinski definition) is 1. The molecule has 0 fully saturated rings. The van der Waals surface area contributed by atoms with E-state index in [2.05, 4.69) is 5.32 Å². The summed E-state index contributed by atoms with van der Waals surface area (Å²) in [6, 6.07) is 18.8. The van der Waals surface area contributed by atoms with Crippen molar-refractivity contribution in [3.05, 3.63) is 95.8 Å². The Morgan fingerprint density at radius 2 is 1.43 bits per heavy atom. The highest BCUT2D eigenvalue weighted by Crippen LogP contribution is 2.13. The van der Waals surface area contributed by atoms with Gasteiger partial charge in [0.15, 0.2) is 24.0 Å². The summed E-state index contributed by atoms with van der Waals surface area (Å²) in [7, 11) is 0. The first-order valence-corrected chi connectivity index (χ1v) is 8.98. The standard InChI is InChI=1S/C23H20N2O3/c1-16(23(28)24-21-10-6-9-20(15-21)17(2)26)25-13-11-19(12-14-25)22(27)18-7-4-3-5-8-18/h3-16H,1-2H3/p+1/t16-/m1/s1. The summed E-state index contributed by atoms with van der Waals surface area (Å²) in [6.07, 6.45) is 3.43. The minimum atomic E-state index is -0.484. The molecular formula is C23H21N2O3+. The van der Waals surface area contributed by atoms with Crippen LogP contribution in [0.1, 0.15) is 46.2 Å². The molecule has 0 aliphatic rings. The van der Waals surface area contributed by atoms with Crippen LogP contribution in [0, 0.1) is 0 Å². The van der Waals surface area contributed by atoms with Crippen LogP contribution < -0.4 is 9.88 Å². The molecule has 0 spiro atoms. The van der Waals surface area contributed by atoms with Gasteiger partial charge < -0.3 is 5.32 Å². The van der Waals surface area contributed by atoms with Crippen LogP contribution in [0.3, 0.4) is 0 Å². The zero-order chi connectivity index (χ0) is 20.1. The molecule has 0 saturated carbocycles. The monoisotopic (exact) mass is 373 g/mol. The van der Waals surface area contributed by atoms with E-state index in [-0.39, 0.29) is 17.5 Å². The number of nitrogens with zero attached hydrogens (tertiary/aromatic N) is 1. The van der Waals surface area contributed by atoms with Crippen LogP contribution in [0.15, 0.2) is 79.1 Å². The molecular weight excluding hydrogens is 352 g/mol. The average Bonchev–Trinajstić information content (AvgIpc) is 2.73. The third-order valence-corrected chi connectivity index (χ3v) is 4.51. The van der Waals surface area contributed by atoms with Crippen LogP contribution in [-0.2, 0) is 4.79 Å². The van der Waals surface area contributed by atoms with Crippen molar-refractivity contribution < 1.29 is 19.0 Å². The van der Waals surface area contributed by atoms with Gasteiger partial charge in [0, 0.05) is 41.4 Å². The van der Waals surface area contributed by atoms with Gasteiger partial charge in [-0.2, -0.15) is 4.57 Å². The second-order valence-corrected chi connectivity index (χ2v) is 6.53. The lowest BCUT2D eigenvalue weighted by atomic mass is 10.0. The highest BCUT2D eigenvalue weighted by molar-refractivity contribution is 6.08. The molecule has 0 aliphatic carbocycles. The second kappa shape index (κ2) is 8.39. The van der Waals surface area contributed by atoms with E-state index >= 15 is 0 Å². The van der Waals surface area contributed by atoms with Gasteiger partial charge in [0.2, 0.25) is 6.04 Å². The maximum absolute atomic E-state index is 12.6. The number of carbonyl (C=O) groups excluding carboxylic acids is 3. The molecule has 5 heteroatoms. The number of anilines is 1. The lowest BCUT2D eigenvalue weighted by molar-refractivity contribution is -0.705. The molecule has 1 amide bonds. The molecule has 140 valence electrons. The summed E-state index contributed by atoms with van der Waals surface area (Å²) in [5.41, 5.74) is 2.29. The van der Waals surface area contributed by atoms with Crippen LogP contribution in [0.5, 0.6) is 0 Å². The number of hydrogen-bond acceptors (Lipinski definition) is 3. The summed E-state index contributed by atoms with van der Waals surface area (Å²) in [6.45, 7) is 3.25. The first-order chi connectivity index (χ1) is 13.5. The van der Waals surface area contributed by atoms with E-state index in [1.165, 1.54) is 6.92 Å². The van der Waals surface area contributed by atoms with Crippen LogP contribution in [0.25, 0.3) is 0 Å². The molecule has 2 aromatic carbocycles. The largest absolute Gasteiger partial charge is 0.320 e. The topological polar surface area (TPSA) is 67.1 Å². The van der Waals surface area contributed by atoms with Crippen molar-refractivity contribution in [1.29, 1.82) is 0 Å². The fourth-order valence-corrected chi connectivity index (χ4v) is 2.80. The lowest BCUT2D eigenvalue weighted by Gasteiger charge is -2.10. The van der Waals surface area contributed by atoms with E-state index in [1.54, 1.807) is 72.4 Å². The minimum Gasteiger partial charge on any atom is -0.320 e. The molecule has 1 aromatic heterocycles. The molecule has 0 unspecified atom stereocenters. The van der Waals surface area contributed by atoms with Gasteiger partial charge in [0.05, 0.1) is 0 Å². The number of ketones is 2. The third kappa shape index (κ3) is 4.38. The lowest BCUT2D eigenvalue weighted by Crippen LogP contribution is -2.44. The van der Waals surface area contributed by atoms with Gasteiger partial charge in [-0.15, -0.1) is 0 Å². The molecule has 0 radical (unpaired) electrons. The van der Waals surface area contributed by atoms with Crippen molar-refractivity contribution in [2.24, 2.45) is 0 Å². The third-order valence-electron chi connectivity index (χ3n) is 4.51. The van der Waals surface area contributed by atoms with Gasteiger partial charge in [-0.3, -0.25) is 14.4 Å². The van der Waals surface area contributed by atoms with Gasteiger partial charge in [-0.25, -0.2) is 0 Å². The quantitative estimate of drug-likeness (QED) is 0.530. The van der Waals surface area contributed by atoms with E-state index in [0.29, 0.717) is 22.4 Å².